The van der Waals surface area contributed by atoms with Crippen LogP contribution in [0.5, 0.6) is 0 Å². The zero-order chi connectivity index (χ0) is 13.8. The van der Waals surface area contributed by atoms with E-state index >= 15 is 0 Å². The van der Waals surface area contributed by atoms with E-state index in [0.29, 0.717) is 16.3 Å². The van der Waals surface area contributed by atoms with Crippen LogP contribution in [0.1, 0.15) is 5.56 Å². The second-order valence-corrected chi connectivity index (χ2v) is 4.33. The molecule has 0 aliphatic heterocycles. The largest absolute Gasteiger partial charge is 0.381 e. The van der Waals surface area contributed by atoms with Crippen LogP contribution in [0.4, 0.5) is 15.8 Å². The van der Waals surface area contributed by atoms with Gasteiger partial charge in [0.1, 0.15) is 5.82 Å². The van der Waals surface area contributed by atoms with Crippen molar-refractivity contribution in [1.29, 1.82) is 0 Å². The fourth-order valence-electron chi connectivity index (χ4n) is 1.62. The highest BCUT2D eigenvalue weighted by atomic mass is 35.5. The second kappa shape index (κ2) is 5.67. The smallest absolute Gasteiger partial charge is 0.275 e. The monoisotopic (exact) mass is 280 g/mol. The maximum absolute atomic E-state index is 12.7. The zero-order valence-electron chi connectivity index (χ0n) is 9.77. The summed E-state index contributed by atoms with van der Waals surface area (Å²) in [7, 11) is 0. The highest BCUT2D eigenvalue weighted by Gasteiger charge is 2.13. The van der Waals surface area contributed by atoms with Crippen molar-refractivity contribution in [3.63, 3.8) is 0 Å². The Morgan fingerprint density at radius 3 is 2.53 bits per heavy atom. The highest BCUT2D eigenvalue weighted by Crippen LogP contribution is 2.24. The van der Waals surface area contributed by atoms with Crippen LogP contribution in [0, 0.1) is 15.9 Å². The summed E-state index contributed by atoms with van der Waals surface area (Å²) in [6.07, 6.45) is 0. The van der Waals surface area contributed by atoms with Gasteiger partial charge in [0.15, 0.2) is 0 Å². The van der Waals surface area contributed by atoms with Gasteiger partial charge in [0.05, 0.1) is 4.92 Å². The summed E-state index contributed by atoms with van der Waals surface area (Å²) in [5, 5.41) is 14.2. The number of benzene rings is 2. The van der Waals surface area contributed by atoms with Crippen LogP contribution < -0.4 is 5.32 Å². The molecule has 2 rings (SSSR count). The SMILES string of the molecule is O=[N+]([O-])c1cc(Cl)ccc1CNc1ccc(F)cc1. The summed E-state index contributed by atoms with van der Waals surface area (Å²) >= 11 is 5.73. The Morgan fingerprint density at radius 1 is 1.21 bits per heavy atom. The van der Waals surface area contributed by atoms with Crippen LogP contribution in [0.25, 0.3) is 0 Å². The van der Waals surface area contributed by atoms with Crippen molar-refractivity contribution in [3.05, 3.63) is 69.0 Å². The quantitative estimate of drug-likeness (QED) is 0.680. The molecule has 0 spiro atoms. The number of rotatable bonds is 4. The molecule has 1 N–H and O–H groups in total. The van der Waals surface area contributed by atoms with Crippen LogP contribution in [-0.4, -0.2) is 4.92 Å². The van der Waals surface area contributed by atoms with E-state index in [1.807, 2.05) is 0 Å². The molecule has 4 nitrogen and oxygen atoms in total. The molecule has 0 saturated heterocycles. The molecule has 0 atom stereocenters. The summed E-state index contributed by atoms with van der Waals surface area (Å²) in [6.45, 7) is 0.263. The van der Waals surface area contributed by atoms with Crippen molar-refractivity contribution < 1.29 is 9.31 Å². The standard InChI is InChI=1S/C13H10ClFN2O2/c14-10-2-1-9(13(7-10)17(18)19)8-16-12-5-3-11(15)4-6-12/h1-7,16H,8H2. The first kappa shape index (κ1) is 13.3. The molecule has 2 aromatic carbocycles. The number of halogens is 2. The number of hydrogen-bond acceptors (Lipinski definition) is 3. The van der Waals surface area contributed by atoms with E-state index in [-0.39, 0.29) is 18.0 Å². The van der Waals surface area contributed by atoms with E-state index < -0.39 is 4.92 Å². The number of nitrogens with one attached hydrogen (secondary N) is 1. The molecule has 2 aromatic rings. The Morgan fingerprint density at radius 2 is 1.89 bits per heavy atom. The molecular weight excluding hydrogens is 271 g/mol. The van der Waals surface area contributed by atoms with Crippen molar-refractivity contribution in [1.82, 2.24) is 0 Å². The van der Waals surface area contributed by atoms with Gasteiger partial charge in [-0.2, -0.15) is 0 Å². The van der Waals surface area contributed by atoms with E-state index in [9.17, 15) is 14.5 Å². The number of hydrogen-bond donors (Lipinski definition) is 1. The summed E-state index contributed by atoms with van der Waals surface area (Å²) in [5.74, 6) is -0.331. The van der Waals surface area contributed by atoms with Gasteiger partial charge in [-0.3, -0.25) is 10.1 Å². The van der Waals surface area contributed by atoms with Gasteiger partial charge in [0, 0.05) is 28.9 Å². The molecule has 19 heavy (non-hydrogen) atoms. The van der Waals surface area contributed by atoms with Crippen molar-refractivity contribution in [2.24, 2.45) is 0 Å². The Balaban J connectivity index is 2.15. The third-order valence-corrected chi connectivity index (χ3v) is 2.81. The second-order valence-electron chi connectivity index (χ2n) is 3.89. The molecule has 98 valence electrons. The van der Waals surface area contributed by atoms with Gasteiger partial charge in [-0.25, -0.2) is 4.39 Å². The lowest BCUT2D eigenvalue weighted by Crippen LogP contribution is -2.03. The minimum absolute atomic E-state index is 0.0397. The fraction of sp³-hybridized carbons (Fsp3) is 0.0769. The average Bonchev–Trinajstić information content (AvgIpc) is 2.39. The molecule has 0 radical (unpaired) electrons. The van der Waals surface area contributed by atoms with Crippen molar-refractivity contribution in [3.8, 4) is 0 Å². The predicted molar refractivity (Wildman–Crippen MR) is 71.8 cm³/mol. The van der Waals surface area contributed by atoms with Gasteiger partial charge < -0.3 is 5.32 Å². The first-order chi connectivity index (χ1) is 9.06. The molecule has 0 fully saturated rings. The summed E-state index contributed by atoms with van der Waals surface area (Å²) in [5.41, 5.74) is 1.16. The predicted octanol–water partition coefficient (Wildman–Crippen LogP) is 4.00. The third-order valence-electron chi connectivity index (χ3n) is 2.57. The van der Waals surface area contributed by atoms with Crippen LogP contribution in [-0.2, 0) is 6.54 Å². The Hall–Kier alpha value is -2.14. The molecular formula is C13H10ClFN2O2. The Labute approximate surface area is 114 Å². The number of nitro groups is 1. The molecule has 0 saturated carbocycles. The average molecular weight is 281 g/mol. The van der Waals surface area contributed by atoms with Gasteiger partial charge in [0.2, 0.25) is 0 Å². The third kappa shape index (κ3) is 3.42. The molecule has 0 amide bonds. The molecule has 0 aliphatic rings. The van der Waals surface area contributed by atoms with Gasteiger partial charge in [-0.1, -0.05) is 11.6 Å². The maximum atomic E-state index is 12.7. The van der Waals surface area contributed by atoms with E-state index in [0.717, 1.165) is 0 Å². The zero-order valence-corrected chi connectivity index (χ0v) is 10.5. The van der Waals surface area contributed by atoms with Crippen LogP contribution >= 0.6 is 11.6 Å². The van der Waals surface area contributed by atoms with Crippen LogP contribution in [0.15, 0.2) is 42.5 Å². The van der Waals surface area contributed by atoms with Crippen molar-refractivity contribution >= 4 is 23.0 Å². The lowest BCUT2D eigenvalue weighted by Gasteiger charge is -2.07. The van der Waals surface area contributed by atoms with Gasteiger partial charge in [0.25, 0.3) is 5.69 Å². The summed E-state index contributed by atoms with van der Waals surface area (Å²) < 4.78 is 12.7. The Bertz CT molecular complexity index is 602. The molecule has 0 unspecified atom stereocenters. The van der Waals surface area contributed by atoms with Crippen molar-refractivity contribution in [2.45, 2.75) is 6.54 Å². The number of anilines is 1. The van der Waals surface area contributed by atoms with Gasteiger partial charge in [-0.15, -0.1) is 0 Å². The molecule has 0 aliphatic carbocycles. The van der Waals surface area contributed by atoms with Gasteiger partial charge in [-0.05, 0) is 36.4 Å². The molecule has 0 aromatic heterocycles. The first-order valence-corrected chi connectivity index (χ1v) is 5.86. The molecule has 0 heterocycles. The minimum Gasteiger partial charge on any atom is -0.381 e. The molecule has 6 heteroatoms. The number of nitrogens with zero attached hydrogens (tertiary/aromatic N) is 1. The normalized spacial score (nSPS) is 10.2. The van der Waals surface area contributed by atoms with Crippen LogP contribution in [0.2, 0.25) is 5.02 Å². The lowest BCUT2D eigenvalue weighted by atomic mass is 10.1. The van der Waals surface area contributed by atoms with Crippen molar-refractivity contribution in [2.75, 3.05) is 5.32 Å². The first-order valence-electron chi connectivity index (χ1n) is 5.48. The van der Waals surface area contributed by atoms with Gasteiger partial charge >= 0.3 is 0 Å². The van der Waals surface area contributed by atoms with E-state index in [1.165, 1.54) is 18.2 Å². The van der Waals surface area contributed by atoms with Crippen LogP contribution in [0.3, 0.4) is 0 Å². The van der Waals surface area contributed by atoms with E-state index in [4.69, 9.17) is 11.6 Å². The Kier molecular flexibility index (Phi) is 3.97. The van der Waals surface area contributed by atoms with E-state index in [1.54, 1.807) is 24.3 Å². The highest BCUT2D eigenvalue weighted by molar-refractivity contribution is 6.30. The summed E-state index contributed by atoms with van der Waals surface area (Å²) in [6, 6.07) is 10.3. The fourth-order valence-corrected chi connectivity index (χ4v) is 1.79. The topological polar surface area (TPSA) is 55.2 Å². The van der Waals surface area contributed by atoms with E-state index in [2.05, 4.69) is 5.32 Å². The minimum atomic E-state index is -0.479. The summed E-state index contributed by atoms with van der Waals surface area (Å²) in [4.78, 5) is 10.4. The number of nitro benzene ring substituents is 1. The maximum Gasteiger partial charge on any atom is 0.275 e. The molecule has 0 bridgehead atoms. The lowest BCUT2D eigenvalue weighted by molar-refractivity contribution is -0.385.